The van der Waals surface area contributed by atoms with Gasteiger partial charge in [0.1, 0.15) is 6.20 Å². The van der Waals surface area contributed by atoms with Crippen LogP contribution in [0.2, 0.25) is 5.28 Å². The Hall–Kier alpha value is -2.29. The van der Waals surface area contributed by atoms with Crippen LogP contribution in [0.15, 0.2) is 30.5 Å². The SMILES string of the molecule is O=[N+]([O-])c1cnc(Cl)nc1Nc1ccc(CCN2CCOCC2)cc1. The fourth-order valence-corrected chi connectivity index (χ4v) is 2.72. The first-order chi connectivity index (χ1) is 12.1. The second-order valence-electron chi connectivity index (χ2n) is 5.66. The van der Waals surface area contributed by atoms with Gasteiger partial charge in [0.2, 0.25) is 11.1 Å². The summed E-state index contributed by atoms with van der Waals surface area (Å²) in [5, 5.41) is 13.9. The number of nitro groups is 1. The molecule has 1 N–H and O–H groups in total. The lowest BCUT2D eigenvalue weighted by Gasteiger charge is -2.26. The summed E-state index contributed by atoms with van der Waals surface area (Å²) >= 11 is 5.73. The molecular weight excluding hydrogens is 346 g/mol. The number of hydrogen-bond acceptors (Lipinski definition) is 7. The minimum absolute atomic E-state index is 0.0461. The van der Waals surface area contributed by atoms with E-state index < -0.39 is 4.92 Å². The maximum absolute atomic E-state index is 11.0. The molecule has 1 aliphatic rings. The Bertz CT molecular complexity index is 735. The molecule has 1 aliphatic heterocycles. The number of morpholine rings is 1. The third kappa shape index (κ3) is 4.85. The minimum atomic E-state index is -0.546. The molecule has 2 aromatic rings. The number of hydrogen-bond donors (Lipinski definition) is 1. The molecule has 9 heteroatoms. The van der Waals surface area contributed by atoms with Crippen LogP contribution in [-0.2, 0) is 11.2 Å². The van der Waals surface area contributed by atoms with E-state index in [1.54, 1.807) is 0 Å². The molecule has 1 aromatic carbocycles. The van der Waals surface area contributed by atoms with Crippen LogP contribution in [0.25, 0.3) is 0 Å². The van der Waals surface area contributed by atoms with Crippen LogP contribution >= 0.6 is 11.6 Å². The van der Waals surface area contributed by atoms with E-state index >= 15 is 0 Å². The highest BCUT2D eigenvalue weighted by Crippen LogP contribution is 2.25. The quantitative estimate of drug-likeness (QED) is 0.479. The Balaban J connectivity index is 1.63. The number of nitrogens with one attached hydrogen (secondary N) is 1. The number of rotatable bonds is 6. The molecule has 0 unspecified atom stereocenters. The smallest absolute Gasteiger partial charge is 0.329 e. The summed E-state index contributed by atoms with van der Waals surface area (Å²) in [5.41, 5.74) is 1.68. The Kier molecular flexibility index (Phi) is 5.75. The first kappa shape index (κ1) is 17.5. The van der Waals surface area contributed by atoms with Crippen LogP contribution < -0.4 is 5.32 Å². The lowest BCUT2D eigenvalue weighted by Crippen LogP contribution is -2.37. The predicted octanol–water partition coefficient (Wildman–Crippen LogP) is 2.66. The Morgan fingerprint density at radius 1 is 1.28 bits per heavy atom. The molecule has 0 bridgehead atoms. The van der Waals surface area contributed by atoms with Crippen LogP contribution in [-0.4, -0.2) is 52.6 Å². The third-order valence-electron chi connectivity index (χ3n) is 3.97. The van der Waals surface area contributed by atoms with Crippen molar-refractivity contribution in [2.75, 3.05) is 38.2 Å². The largest absolute Gasteiger partial charge is 0.379 e. The van der Waals surface area contributed by atoms with Crippen molar-refractivity contribution in [3.05, 3.63) is 51.4 Å². The molecule has 25 heavy (non-hydrogen) atoms. The average Bonchev–Trinajstić information content (AvgIpc) is 2.62. The third-order valence-corrected chi connectivity index (χ3v) is 4.16. The summed E-state index contributed by atoms with van der Waals surface area (Å²) in [6, 6.07) is 7.73. The van der Waals surface area contributed by atoms with Gasteiger partial charge in [-0.25, -0.2) is 4.98 Å². The van der Waals surface area contributed by atoms with E-state index in [1.165, 1.54) is 5.56 Å². The molecule has 0 radical (unpaired) electrons. The van der Waals surface area contributed by atoms with Crippen molar-refractivity contribution in [2.24, 2.45) is 0 Å². The average molecular weight is 364 g/mol. The molecule has 1 fully saturated rings. The van der Waals surface area contributed by atoms with E-state index in [1.807, 2.05) is 24.3 Å². The number of benzene rings is 1. The zero-order chi connectivity index (χ0) is 17.6. The van der Waals surface area contributed by atoms with Gasteiger partial charge in [-0.2, -0.15) is 4.98 Å². The van der Waals surface area contributed by atoms with Gasteiger partial charge in [-0.15, -0.1) is 0 Å². The van der Waals surface area contributed by atoms with E-state index in [4.69, 9.17) is 16.3 Å². The molecule has 0 saturated carbocycles. The number of ether oxygens (including phenoxy) is 1. The van der Waals surface area contributed by atoms with Crippen LogP contribution in [0.3, 0.4) is 0 Å². The molecular formula is C16H18ClN5O3. The van der Waals surface area contributed by atoms with Crippen molar-refractivity contribution in [3.63, 3.8) is 0 Å². The maximum atomic E-state index is 11.0. The summed E-state index contributed by atoms with van der Waals surface area (Å²) in [6.07, 6.45) is 2.04. The van der Waals surface area contributed by atoms with Crippen molar-refractivity contribution in [3.8, 4) is 0 Å². The second kappa shape index (κ2) is 8.19. The predicted molar refractivity (Wildman–Crippen MR) is 94.4 cm³/mol. The standard InChI is InChI=1S/C16H18ClN5O3/c17-16-18-11-14(22(23)24)15(20-16)19-13-3-1-12(2-4-13)5-6-21-7-9-25-10-8-21/h1-4,11H,5-10H2,(H,18,19,20). The van der Waals surface area contributed by atoms with E-state index in [-0.39, 0.29) is 16.8 Å². The Labute approximate surface area is 149 Å². The summed E-state index contributed by atoms with van der Waals surface area (Å²) < 4.78 is 5.34. The fourth-order valence-electron chi connectivity index (χ4n) is 2.58. The number of halogens is 1. The van der Waals surface area contributed by atoms with Gasteiger partial charge in [0.15, 0.2) is 0 Å². The molecule has 1 saturated heterocycles. The van der Waals surface area contributed by atoms with Crippen LogP contribution in [0, 0.1) is 10.1 Å². The highest BCUT2D eigenvalue weighted by molar-refractivity contribution is 6.28. The van der Waals surface area contributed by atoms with Crippen molar-refractivity contribution in [1.29, 1.82) is 0 Å². The molecule has 3 rings (SSSR count). The number of nitrogens with zero attached hydrogens (tertiary/aromatic N) is 4. The van der Waals surface area contributed by atoms with Gasteiger partial charge >= 0.3 is 5.69 Å². The molecule has 2 heterocycles. The zero-order valence-electron chi connectivity index (χ0n) is 13.5. The molecule has 0 amide bonds. The van der Waals surface area contributed by atoms with Crippen LogP contribution in [0.4, 0.5) is 17.2 Å². The molecule has 132 valence electrons. The topological polar surface area (TPSA) is 93.4 Å². The summed E-state index contributed by atoms with van der Waals surface area (Å²) in [4.78, 5) is 20.4. The highest BCUT2D eigenvalue weighted by Gasteiger charge is 2.17. The second-order valence-corrected chi connectivity index (χ2v) is 5.99. The summed E-state index contributed by atoms with van der Waals surface area (Å²) in [6.45, 7) is 4.52. The summed E-state index contributed by atoms with van der Waals surface area (Å²) in [5.74, 6) is 0.0751. The zero-order valence-corrected chi connectivity index (χ0v) is 14.3. The first-order valence-corrected chi connectivity index (χ1v) is 8.32. The van der Waals surface area contributed by atoms with Crippen molar-refractivity contribution >= 4 is 28.8 Å². The first-order valence-electron chi connectivity index (χ1n) is 7.95. The van der Waals surface area contributed by atoms with Gasteiger partial charge in [0.25, 0.3) is 0 Å². The number of anilines is 2. The Morgan fingerprint density at radius 3 is 2.68 bits per heavy atom. The van der Waals surface area contributed by atoms with E-state index in [2.05, 4.69) is 20.2 Å². The molecule has 0 aliphatic carbocycles. The normalized spacial score (nSPS) is 15.1. The Morgan fingerprint density at radius 2 is 2.00 bits per heavy atom. The molecule has 8 nitrogen and oxygen atoms in total. The fraction of sp³-hybridized carbons (Fsp3) is 0.375. The van der Waals surface area contributed by atoms with Crippen molar-refractivity contribution in [2.45, 2.75) is 6.42 Å². The van der Waals surface area contributed by atoms with Crippen LogP contribution in [0.1, 0.15) is 5.56 Å². The molecule has 0 spiro atoms. The van der Waals surface area contributed by atoms with Gasteiger partial charge in [-0.05, 0) is 35.7 Å². The van der Waals surface area contributed by atoms with E-state index in [9.17, 15) is 10.1 Å². The van der Waals surface area contributed by atoms with Gasteiger partial charge < -0.3 is 10.1 Å². The van der Waals surface area contributed by atoms with E-state index in [0.717, 1.165) is 45.5 Å². The van der Waals surface area contributed by atoms with Gasteiger partial charge in [-0.3, -0.25) is 15.0 Å². The summed E-state index contributed by atoms with van der Waals surface area (Å²) in [7, 11) is 0. The lowest BCUT2D eigenvalue weighted by atomic mass is 10.1. The maximum Gasteiger partial charge on any atom is 0.329 e. The molecule has 1 aromatic heterocycles. The lowest BCUT2D eigenvalue weighted by molar-refractivity contribution is -0.384. The van der Waals surface area contributed by atoms with E-state index in [0.29, 0.717) is 5.69 Å². The highest BCUT2D eigenvalue weighted by atomic mass is 35.5. The van der Waals surface area contributed by atoms with Crippen molar-refractivity contribution < 1.29 is 9.66 Å². The van der Waals surface area contributed by atoms with Gasteiger partial charge in [0.05, 0.1) is 18.1 Å². The van der Waals surface area contributed by atoms with Crippen molar-refractivity contribution in [1.82, 2.24) is 14.9 Å². The monoisotopic (exact) mass is 363 g/mol. The van der Waals surface area contributed by atoms with Gasteiger partial charge in [0, 0.05) is 25.3 Å². The number of aromatic nitrogens is 2. The van der Waals surface area contributed by atoms with Crippen LogP contribution in [0.5, 0.6) is 0 Å². The minimum Gasteiger partial charge on any atom is -0.379 e. The van der Waals surface area contributed by atoms with Gasteiger partial charge in [-0.1, -0.05) is 12.1 Å². The molecule has 0 atom stereocenters.